The second kappa shape index (κ2) is 4.65. The zero-order chi connectivity index (χ0) is 13.2. The molecule has 2 N–H and O–H groups in total. The first kappa shape index (κ1) is 11.6. The van der Waals surface area contributed by atoms with Crippen LogP contribution in [0.3, 0.4) is 0 Å². The second-order valence-electron chi connectivity index (χ2n) is 4.43. The van der Waals surface area contributed by atoms with Crippen LogP contribution in [0.2, 0.25) is 0 Å². The fourth-order valence-electron chi connectivity index (χ4n) is 2.18. The third kappa shape index (κ3) is 2.12. The third-order valence-electron chi connectivity index (χ3n) is 3.20. The molecule has 0 unspecified atom stereocenters. The largest absolute Gasteiger partial charge is 0.467 e. The molecule has 1 aromatic carbocycles. The van der Waals surface area contributed by atoms with Crippen LogP contribution < -0.4 is 5.32 Å². The van der Waals surface area contributed by atoms with Crippen molar-refractivity contribution in [1.29, 1.82) is 0 Å². The van der Waals surface area contributed by atoms with Crippen LogP contribution in [0.4, 0.5) is 0 Å². The summed E-state index contributed by atoms with van der Waals surface area (Å²) in [5.41, 5.74) is 2.54. The first-order chi connectivity index (χ1) is 9.25. The van der Waals surface area contributed by atoms with Crippen LogP contribution in [-0.2, 0) is 6.54 Å². The quantitative estimate of drug-likeness (QED) is 0.754. The van der Waals surface area contributed by atoms with E-state index in [2.05, 4.69) is 10.3 Å². The lowest BCUT2D eigenvalue weighted by atomic mass is 10.1. The molecule has 4 heteroatoms. The highest BCUT2D eigenvalue weighted by Crippen LogP contribution is 2.21. The monoisotopic (exact) mass is 254 g/mol. The van der Waals surface area contributed by atoms with Crippen molar-refractivity contribution >= 4 is 16.8 Å². The molecular formula is C15H14N2O2. The van der Waals surface area contributed by atoms with Crippen LogP contribution >= 0.6 is 0 Å². The Bertz CT molecular complexity index is 711. The van der Waals surface area contributed by atoms with Crippen molar-refractivity contribution in [3.8, 4) is 0 Å². The normalized spacial score (nSPS) is 10.8. The van der Waals surface area contributed by atoms with E-state index in [0.29, 0.717) is 12.2 Å². The van der Waals surface area contributed by atoms with Gasteiger partial charge in [-0.05, 0) is 30.7 Å². The highest BCUT2D eigenvalue weighted by Gasteiger charge is 2.14. The molecular weight excluding hydrogens is 240 g/mol. The second-order valence-corrected chi connectivity index (χ2v) is 4.43. The summed E-state index contributed by atoms with van der Waals surface area (Å²) in [6, 6.07) is 11.5. The van der Waals surface area contributed by atoms with E-state index >= 15 is 0 Å². The van der Waals surface area contributed by atoms with Crippen molar-refractivity contribution in [2.45, 2.75) is 13.5 Å². The molecule has 0 saturated heterocycles. The SMILES string of the molecule is Cc1c(C(=O)NCc2ccco2)[nH]c2ccccc12. The predicted octanol–water partition coefficient (Wildman–Crippen LogP) is 3.00. The fourth-order valence-corrected chi connectivity index (χ4v) is 2.18. The lowest BCUT2D eigenvalue weighted by Gasteiger charge is -2.02. The minimum Gasteiger partial charge on any atom is -0.467 e. The Morgan fingerprint density at radius 1 is 1.26 bits per heavy atom. The number of para-hydroxylation sites is 1. The average molecular weight is 254 g/mol. The van der Waals surface area contributed by atoms with Gasteiger partial charge >= 0.3 is 0 Å². The molecule has 19 heavy (non-hydrogen) atoms. The number of carbonyl (C=O) groups is 1. The molecule has 0 aliphatic heterocycles. The smallest absolute Gasteiger partial charge is 0.268 e. The van der Waals surface area contributed by atoms with E-state index in [9.17, 15) is 4.79 Å². The van der Waals surface area contributed by atoms with Gasteiger partial charge in [0.05, 0.1) is 12.8 Å². The molecule has 0 atom stereocenters. The van der Waals surface area contributed by atoms with Crippen molar-refractivity contribution in [3.05, 3.63) is 59.7 Å². The Balaban J connectivity index is 1.83. The van der Waals surface area contributed by atoms with E-state index in [0.717, 1.165) is 22.2 Å². The number of aromatic amines is 1. The van der Waals surface area contributed by atoms with E-state index in [1.807, 2.05) is 37.3 Å². The molecule has 2 heterocycles. The summed E-state index contributed by atoms with van der Waals surface area (Å²) < 4.78 is 5.18. The zero-order valence-electron chi connectivity index (χ0n) is 10.6. The summed E-state index contributed by atoms with van der Waals surface area (Å²) in [6.45, 7) is 2.33. The van der Waals surface area contributed by atoms with E-state index in [1.54, 1.807) is 12.3 Å². The number of hydrogen-bond donors (Lipinski definition) is 2. The van der Waals surface area contributed by atoms with Crippen LogP contribution in [0.1, 0.15) is 21.8 Å². The zero-order valence-corrected chi connectivity index (χ0v) is 10.6. The number of amides is 1. The van der Waals surface area contributed by atoms with E-state index in [1.165, 1.54) is 0 Å². The Kier molecular flexibility index (Phi) is 2.83. The number of carbonyl (C=O) groups excluding carboxylic acids is 1. The molecule has 0 spiro atoms. The third-order valence-corrected chi connectivity index (χ3v) is 3.20. The van der Waals surface area contributed by atoms with Crippen LogP contribution in [0.15, 0.2) is 47.1 Å². The Morgan fingerprint density at radius 2 is 2.11 bits per heavy atom. The summed E-state index contributed by atoms with van der Waals surface area (Å²) >= 11 is 0. The summed E-state index contributed by atoms with van der Waals surface area (Å²) in [4.78, 5) is 15.3. The fraction of sp³-hybridized carbons (Fsp3) is 0.133. The molecule has 0 radical (unpaired) electrons. The van der Waals surface area contributed by atoms with Gasteiger partial charge in [0.1, 0.15) is 11.5 Å². The Hall–Kier alpha value is -2.49. The Morgan fingerprint density at radius 3 is 2.84 bits per heavy atom. The predicted molar refractivity (Wildman–Crippen MR) is 72.9 cm³/mol. The molecule has 0 bridgehead atoms. The summed E-state index contributed by atoms with van der Waals surface area (Å²) in [6.07, 6.45) is 1.59. The Labute approximate surface area is 110 Å². The molecule has 0 saturated carbocycles. The van der Waals surface area contributed by atoms with Gasteiger partial charge in [0.25, 0.3) is 5.91 Å². The van der Waals surface area contributed by atoms with Gasteiger partial charge in [0.15, 0.2) is 0 Å². The van der Waals surface area contributed by atoms with Gasteiger partial charge < -0.3 is 14.7 Å². The number of H-pyrrole nitrogens is 1. The number of benzene rings is 1. The number of aryl methyl sites for hydroxylation is 1. The van der Waals surface area contributed by atoms with Gasteiger partial charge in [-0.3, -0.25) is 4.79 Å². The van der Waals surface area contributed by atoms with Crippen molar-refractivity contribution in [3.63, 3.8) is 0 Å². The number of aromatic nitrogens is 1. The number of hydrogen-bond acceptors (Lipinski definition) is 2. The highest BCUT2D eigenvalue weighted by atomic mass is 16.3. The van der Waals surface area contributed by atoms with Crippen LogP contribution in [0.25, 0.3) is 10.9 Å². The van der Waals surface area contributed by atoms with Gasteiger partial charge in [-0.2, -0.15) is 0 Å². The van der Waals surface area contributed by atoms with Crippen LogP contribution in [-0.4, -0.2) is 10.9 Å². The lowest BCUT2D eigenvalue weighted by molar-refractivity contribution is 0.0943. The minimum absolute atomic E-state index is 0.120. The first-order valence-electron chi connectivity index (χ1n) is 6.13. The molecule has 3 aromatic rings. The average Bonchev–Trinajstić information content (AvgIpc) is 3.05. The number of fused-ring (bicyclic) bond motifs is 1. The number of rotatable bonds is 3. The van der Waals surface area contributed by atoms with Gasteiger partial charge in [-0.1, -0.05) is 18.2 Å². The van der Waals surface area contributed by atoms with Gasteiger partial charge in [0, 0.05) is 10.9 Å². The highest BCUT2D eigenvalue weighted by molar-refractivity contribution is 6.00. The molecule has 0 aliphatic carbocycles. The van der Waals surface area contributed by atoms with E-state index in [-0.39, 0.29) is 5.91 Å². The molecule has 3 rings (SSSR count). The molecule has 2 aromatic heterocycles. The standard InChI is InChI=1S/C15H14N2O2/c1-10-12-6-2-3-7-13(12)17-14(10)15(18)16-9-11-5-4-8-19-11/h2-8,17H,9H2,1H3,(H,16,18). The molecule has 1 amide bonds. The van der Waals surface area contributed by atoms with Crippen molar-refractivity contribution in [2.24, 2.45) is 0 Å². The molecule has 96 valence electrons. The minimum atomic E-state index is -0.120. The lowest BCUT2D eigenvalue weighted by Crippen LogP contribution is -2.23. The molecule has 4 nitrogen and oxygen atoms in total. The van der Waals surface area contributed by atoms with Crippen LogP contribution in [0, 0.1) is 6.92 Å². The van der Waals surface area contributed by atoms with E-state index in [4.69, 9.17) is 4.42 Å². The topological polar surface area (TPSA) is 58.0 Å². The van der Waals surface area contributed by atoms with Gasteiger partial charge in [-0.25, -0.2) is 0 Å². The van der Waals surface area contributed by atoms with Crippen molar-refractivity contribution < 1.29 is 9.21 Å². The summed E-state index contributed by atoms with van der Waals surface area (Å²) in [5.74, 6) is 0.618. The van der Waals surface area contributed by atoms with Crippen LogP contribution in [0.5, 0.6) is 0 Å². The number of nitrogens with one attached hydrogen (secondary N) is 2. The van der Waals surface area contributed by atoms with Gasteiger partial charge in [-0.15, -0.1) is 0 Å². The first-order valence-corrected chi connectivity index (χ1v) is 6.13. The maximum atomic E-state index is 12.1. The van der Waals surface area contributed by atoms with Gasteiger partial charge in [0.2, 0.25) is 0 Å². The summed E-state index contributed by atoms with van der Waals surface area (Å²) in [7, 11) is 0. The number of furan rings is 1. The van der Waals surface area contributed by atoms with Crippen molar-refractivity contribution in [1.82, 2.24) is 10.3 Å². The van der Waals surface area contributed by atoms with Crippen molar-refractivity contribution in [2.75, 3.05) is 0 Å². The molecule has 0 fully saturated rings. The maximum Gasteiger partial charge on any atom is 0.268 e. The maximum absolute atomic E-state index is 12.1. The summed E-state index contributed by atoms with van der Waals surface area (Å²) in [5, 5.41) is 3.91. The van der Waals surface area contributed by atoms with E-state index < -0.39 is 0 Å². The molecule has 0 aliphatic rings.